The molecule has 6 heteroatoms. The Labute approximate surface area is 194 Å². The second-order valence-electron chi connectivity index (χ2n) is 9.05. The number of hydrogen-bond donors (Lipinski definition) is 0. The monoisotopic (exact) mass is 439 g/mol. The Morgan fingerprint density at radius 2 is 1.91 bits per heavy atom. The van der Waals surface area contributed by atoms with Crippen LogP contribution >= 0.6 is 0 Å². The van der Waals surface area contributed by atoms with Crippen molar-refractivity contribution in [3.05, 3.63) is 70.8 Å². The maximum Gasteiger partial charge on any atom is 0.157 e. The van der Waals surface area contributed by atoms with Crippen molar-refractivity contribution in [1.82, 2.24) is 14.3 Å². The van der Waals surface area contributed by atoms with Crippen LogP contribution in [0, 0.1) is 18.3 Å². The Hall–Kier alpha value is -3.56. The highest BCUT2D eigenvalue weighted by atomic mass is 16.5. The van der Waals surface area contributed by atoms with Gasteiger partial charge in [-0.15, -0.1) is 0 Å². The van der Waals surface area contributed by atoms with Gasteiger partial charge in [0.05, 0.1) is 23.7 Å². The summed E-state index contributed by atoms with van der Waals surface area (Å²) < 4.78 is 7.57. The summed E-state index contributed by atoms with van der Waals surface area (Å²) in [6.45, 7) is 4.00. The molecule has 5 rings (SSSR count). The van der Waals surface area contributed by atoms with Gasteiger partial charge in [0.25, 0.3) is 0 Å². The normalized spacial score (nSPS) is 16.1. The van der Waals surface area contributed by atoms with E-state index in [4.69, 9.17) is 9.72 Å². The molecule has 0 radical (unpaired) electrons. The van der Waals surface area contributed by atoms with Gasteiger partial charge < -0.3 is 14.5 Å². The Morgan fingerprint density at radius 3 is 2.58 bits per heavy atom. The predicted octanol–water partition coefficient (Wildman–Crippen LogP) is 4.41. The van der Waals surface area contributed by atoms with Gasteiger partial charge in [0, 0.05) is 31.1 Å². The minimum Gasteiger partial charge on any atom is -0.497 e. The lowest BCUT2D eigenvalue weighted by atomic mass is 9.97. The van der Waals surface area contributed by atoms with Crippen LogP contribution in [-0.2, 0) is 6.42 Å². The third kappa shape index (κ3) is 3.59. The molecule has 3 heterocycles. The van der Waals surface area contributed by atoms with Crippen LogP contribution in [0.3, 0.4) is 0 Å². The number of likely N-dealkylation sites (N-methyl/N-ethyl adjacent to an activating group) is 1. The zero-order chi connectivity index (χ0) is 23.1. The van der Waals surface area contributed by atoms with Crippen LogP contribution in [0.5, 0.6) is 5.75 Å². The van der Waals surface area contributed by atoms with Gasteiger partial charge in [-0.25, -0.2) is 4.98 Å². The summed E-state index contributed by atoms with van der Waals surface area (Å²) in [5.74, 6) is 2.01. The van der Waals surface area contributed by atoms with Crippen molar-refractivity contribution in [2.24, 2.45) is 0 Å². The van der Waals surface area contributed by atoms with Gasteiger partial charge in [-0.05, 0) is 62.8 Å². The quantitative estimate of drug-likeness (QED) is 0.461. The lowest BCUT2D eigenvalue weighted by molar-refractivity contribution is 0.315. The first-order chi connectivity index (χ1) is 16.0. The number of hydrogen-bond acceptors (Lipinski definition) is 5. The summed E-state index contributed by atoms with van der Waals surface area (Å²) in [5, 5.41) is 10.1. The molecule has 33 heavy (non-hydrogen) atoms. The van der Waals surface area contributed by atoms with Gasteiger partial charge in [0.1, 0.15) is 17.6 Å². The van der Waals surface area contributed by atoms with E-state index in [1.807, 2.05) is 30.3 Å². The first-order valence-electron chi connectivity index (χ1n) is 11.4. The zero-order valence-corrected chi connectivity index (χ0v) is 19.7. The average Bonchev–Trinajstić information content (AvgIpc) is 3.46. The lowest BCUT2D eigenvalue weighted by Crippen LogP contribution is -2.32. The van der Waals surface area contributed by atoms with Gasteiger partial charge in [-0.1, -0.05) is 24.3 Å². The molecule has 4 aromatic rings. The third-order valence-corrected chi connectivity index (χ3v) is 6.94. The topological polar surface area (TPSA) is 56.8 Å². The van der Waals surface area contributed by atoms with Crippen molar-refractivity contribution >= 4 is 22.5 Å². The van der Waals surface area contributed by atoms with Crippen LogP contribution in [0.25, 0.3) is 16.7 Å². The van der Waals surface area contributed by atoms with Crippen molar-refractivity contribution in [3.8, 4) is 11.8 Å². The molecule has 0 N–H and O–H groups in total. The molecule has 1 aliphatic heterocycles. The van der Waals surface area contributed by atoms with E-state index in [1.165, 1.54) is 11.1 Å². The van der Waals surface area contributed by atoms with Gasteiger partial charge in [-0.3, -0.25) is 4.40 Å². The molecule has 0 bridgehead atoms. The number of benzene rings is 2. The van der Waals surface area contributed by atoms with E-state index in [-0.39, 0.29) is 0 Å². The molecule has 0 aliphatic carbocycles. The smallest absolute Gasteiger partial charge is 0.157 e. The summed E-state index contributed by atoms with van der Waals surface area (Å²) >= 11 is 0. The number of nitrogens with zero attached hydrogens (tertiary/aromatic N) is 5. The lowest BCUT2D eigenvalue weighted by Gasteiger charge is -2.27. The Balaban J connectivity index is 1.77. The van der Waals surface area contributed by atoms with Crippen molar-refractivity contribution in [2.45, 2.75) is 25.8 Å². The summed E-state index contributed by atoms with van der Waals surface area (Å²) in [6, 6.07) is 19.3. The van der Waals surface area contributed by atoms with E-state index in [2.05, 4.69) is 59.5 Å². The molecule has 1 atom stereocenters. The van der Waals surface area contributed by atoms with Crippen LogP contribution in [0.2, 0.25) is 0 Å². The maximum atomic E-state index is 10.1. The zero-order valence-electron chi connectivity index (χ0n) is 19.7. The van der Waals surface area contributed by atoms with E-state index in [0.29, 0.717) is 11.6 Å². The van der Waals surface area contributed by atoms with E-state index < -0.39 is 0 Å². The molecule has 1 saturated heterocycles. The second-order valence-corrected chi connectivity index (χ2v) is 9.05. The fraction of sp³-hybridized carbons (Fsp3) is 0.333. The molecule has 0 unspecified atom stereocenters. The number of methoxy groups -OCH3 is 1. The highest BCUT2D eigenvalue weighted by molar-refractivity contribution is 5.86. The molecular weight excluding hydrogens is 410 g/mol. The van der Waals surface area contributed by atoms with Crippen molar-refractivity contribution in [1.29, 1.82) is 5.26 Å². The first-order valence-corrected chi connectivity index (χ1v) is 11.4. The van der Waals surface area contributed by atoms with Gasteiger partial charge in [-0.2, -0.15) is 5.26 Å². The summed E-state index contributed by atoms with van der Waals surface area (Å²) in [4.78, 5) is 9.68. The molecule has 2 aromatic heterocycles. The van der Waals surface area contributed by atoms with Crippen molar-refractivity contribution in [2.75, 3.05) is 39.2 Å². The van der Waals surface area contributed by atoms with Crippen molar-refractivity contribution in [3.63, 3.8) is 0 Å². The Bertz CT molecular complexity index is 1360. The Morgan fingerprint density at radius 1 is 1.15 bits per heavy atom. The molecule has 2 aromatic carbocycles. The highest BCUT2D eigenvalue weighted by Gasteiger charge is 2.30. The van der Waals surface area contributed by atoms with Crippen LogP contribution < -0.4 is 9.64 Å². The number of ether oxygens (including phenoxy) is 1. The first kappa shape index (κ1) is 21.3. The molecule has 0 amide bonds. The number of imidazole rings is 1. The maximum absolute atomic E-state index is 10.1. The number of rotatable bonds is 5. The van der Waals surface area contributed by atoms with Crippen LogP contribution in [0.15, 0.2) is 48.5 Å². The van der Waals surface area contributed by atoms with E-state index in [9.17, 15) is 5.26 Å². The van der Waals surface area contributed by atoms with E-state index in [0.717, 1.165) is 59.7 Å². The number of fused-ring (bicyclic) bond motifs is 3. The van der Waals surface area contributed by atoms with Gasteiger partial charge in [0.2, 0.25) is 0 Å². The molecular formula is C27H29N5O. The number of para-hydroxylation sites is 2. The molecule has 0 spiro atoms. The minimum absolute atomic E-state index is 0.500. The SMILES string of the molecule is COc1ccc(Cc2c(C)c(C#N)c3nc4ccccc4n3c2N2CC[C@H](N(C)C)C2)cc1. The summed E-state index contributed by atoms with van der Waals surface area (Å²) in [5.41, 5.74) is 6.75. The van der Waals surface area contributed by atoms with Gasteiger partial charge >= 0.3 is 0 Å². The molecule has 1 aliphatic rings. The van der Waals surface area contributed by atoms with Crippen molar-refractivity contribution < 1.29 is 4.74 Å². The minimum atomic E-state index is 0.500. The van der Waals surface area contributed by atoms with E-state index >= 15 is 0 Å². The highest BCUT2D eigenvalue weighted by Crippen LogP contribution is 2.36. The number of aromatic nitrogens is 2. The van der Waals surface area contributed by atoms with Gasteiger partial charge in [0.15, 0.2) is 5.65 Å². The second kappa shape index (κ2) is 8.42. The van der Waals surface area contributed by atoms with Crippen LogP contribution in [-0.4, -0.2) is 54.6 Å². The largest absolute Gasteiger partial charge is 0.497 e. The fourth-order valence-electron chi connectivity index (χ4n) is 5.01. The average molecular weight is 440 g/mol. The molecule has 6 nitrogen and oxygen atoms in total. The number of pyridine rings is 1. The van der Waals surface area contributed by atoms with Crippen LogP contribution in [0.4, 0.5) is 5.82 Å². The van der Waals surface area contributed by atoms with E-state index in [1.54, 1.807) is 7.11 Å². The molecule has 0 saturated carbocycles. The fourth-order valence-corrected chi connectivity index (χ4v) is 5.01. The summed E-state index contributed by atoms with van der Waals surface area (Å²) in [6.07, 6.45) is 1.85. The number of nitriles is 1. The van der Waals surface area contributed by atoms with Crippen LogP contribution in [0.1, 0.15) is 28.7 Å². The standard InChI is InChI=1S/C27H29N5O/c1-18-22(15-19-9-11-21(33-4)12-10-19)27(31-14-13-20(17-31)30(2)3)32-25-8-6-5-7-24(25)29-26(32)23(18)16-28/h5-12,20H,13-15,17H2,1-4H3/t20-/m0/s1. The molecule has 168 valence electrons. The number of anilines is 1. The predicted molar refractivity (Wildman–Crippen MR) is 132 cm³/mol. The molecule has 1 fully saturated rings. The summed E-state index contributed by atoms with van der Waals surface area (Å²) in [7, 11) is 5.99. The third-order valence-electron chi connectivity index (χ3n) is 6.94. The Kier molecular flexibility index (Phi) is 5.43.